The van der Waals surface area contributed by atoms with Crippen molar-refractivity contribution >= 4 is 29.4 Å². The number of piperazine rings is 1. The third-order valence-corrected chi connectivity index (χ3v) is 5.23. The van der Waals surface area contributed by atoms with Crippen LogP contribution in [0.4, 0.5) is 10.5 Å². The van der Waals surface area contributed by atoms with Crippen LogP contribution in [0.2, 0.25) is 0 Å². The van der Waals surface area contributed by atoms with E-state index in [4.69, 9.17) is 9.47 Å². The molecule has 0 aromatic heterocycles. The molecule has 1 unspecified atom stereocenters. The SMILES string of the molecule is CC(=O)c1ccc2c(c1)N(C(C)C(=O)N1CCN(C(=O)OC(C)(C)C)CC1)C(=O)CO2. The van der Waals surface area contributed by atoms with Gasteiger partial charge in [0.05, 0.1) is 5.69 Å². The normalized spacial score (nSPS) is 17.6. The molecule has 0 bridgehead atoms. The van der Waals surface area contributed by atoms with Gasteiger partial charge in [-0.25, -0.2) is 4.79 Å². The maximum atomic E-state index is 13.2. The molecule has 0 spiro atoms. The zero-order valence-corrected chi connectivity index (χ0v) is 18.6. The van der Waals surface area contributed by atoms with Crippen LogP contribution in [-0.2, 0) is 14.3 Å². The first-order chi connectivity index (χ1) is 14.5. The van der Waals surface area contributed by atoms with Gasteiger partial charge < -0.3 is 19.3 Å². The van der Waals surface area contributed by atoms with Gasteiger partial charge in [0, 0.05) is 31.7 Å². The van der Waals surface area contributed by atoms with E-state index in [2.05, 4.69) is 0 Å². The van der Waals surface area contributed by atoms with Crippen LogP contribution in [0.5, 0.6) is 5.75 Å². The molecule has 168 valence electrons. The Labute approximate surface area is 181 Å². The number of nitrogens with zero attached hydrogens (tertiary/aromatic N) is 3. The molecule has 1 saturated heterocycles. The number of fused-ring (bicyclic) bond motifs is 1. The zero-order valence-electron chi connectivity index (χ0n) is 18.6. The van der Waals surface area contributed by atoms with Crippen molar-refractivity contribution in [2.75, 3.05) is 37.7 Å². The van der Waals surface area contributed by atoms with Gasteiger partial charge in [-0.2, -0.15) is 0 Å². The summed E-state index contributed by atoms with van der Waals surface area (Å²) in [5.74, 6) is -0.253. The standard InChI is InChI=1S/C22H29N3O6/c1-14(20(28)23-8-10-24(11-9-23)21(29)31-22(3,4)5)25-17-12-16(15(2)26)6-7-18(17)30-13-19(25)27/h6-7,12,14H,8-11,13H2,1-5H3. The Hall–Kier alpha value is -3.10. The molecule has 0 saturated carbocycles. The molecule has 1 aromatic rings. The van der Waals surface area contributed by atoms with Gasteiger partial charge in [-0.15, -0.1) is 0 Å². The third kappa shape index (κ3) is 4.98. The number of ether oxygens (including phenoxy) is 2. The van der Waals surface area contributed by atoms with E-state index in [1.165, 1.54) is 11.8 Å². The number of carbonyl (C=O) groups is 4. The van der Waals surface area contributed by atoms with E-state index in [-0.39, 0.29) is 24.2 Å². The first kappa shape index (κ1) is 22.6. The highest BCUT2D eigenvalue weighted by atomic mass is 16.6. The molecule has 1 aromatic carbocycles. The van der Waals surface area contributed by atoms with Gasteiger partial charge in [-0.3, -0.25) is 19.3 Å². The number of benzene rings is 1. The second-order valence-electron chi connectivity index (χ2n) is 8.76. The summed E-state index contributed by atoms with van der Waals surface area (Å²) in [6.07, 6.45) is -0.401. The van der Waals surface area contributed by atoms with Crippen LogP contribution in [-0.4, -0.2) is 77.9 Å². The fourth-order valence-electron chi connectivity index (χ4n) is 3.63. The van der Waals surface area contributed by atoms with E-state index in [0.717, 1.165) is 0 Å². The Kier molecular flexibility index (Phi) is 6.24. The Morgan fingerprint density at radius 2 is 1.68 bits per heavy atom. The average molecular weight is 431 g/mol. The summed E-state index contributed by atoms with van der Waals surface area (Å²) in [5.41, 5.74) is 0.270. The summed E-state index contributed by atoms with van der Waals surface area (Å²) in [7, 11) is 0. The number of hydrogen-bond donors (Lipinski definition) is 0. The van der Waals surface area contributed by atoms with Crippen LogP contribution in [0.3, 0.4) is 0 Å². The van der Waals surface area contributed by atoms with Gasteiger partial charge in [-0.05, 0) is 52.8 Å². The number of amides is 3. The summed E-state index contributed by atoms with van der Waals surface area (Å²) in [6.45, 7) is 9.76. The second kappa shape index (κ2) is 8.56. The maximum absolute atomic E-state index is 13.2. The van der Waals surface area contributed by atoms with Gasteiger partial charge in [0.1, 0.15) is 17.4 Å². The molecule has 0 N–H and O–H groups in total. The summed E-state index contributed by atoms with van der Waals surface area (Å²) < 4.78 is 10.9. The summed E-state index contributed by atoms with van der Waals surface area (Å²) in [4.78, 5) is 54.4. The van der Waals surface area contributed by atoms with E-state index < -0.39 is 17.7 Å². The number of rotatable bonds is 3. The monoisotopic (exact) mass is 431 g/mol. The van der Waals surface area contributed by atoms with E-state index in [1.54, 1.807) is 55.7 Å². The highest BCUT2D eigenvalue weighted by Crippen LogP contribution is 2.35. The van der Waals surface area contributed by atoms with Crippen molar-refractivity contribution in [3.63, 3.8) is 0 Å². The molecule has 2 aliphatic heterocycles. The zero-order chi connectivity index (χ0) is 22.9. The number of carbonyl (C=O) groups excluding carboxylic acids is 4. The molecule has 0 radical (unpaired) electrons. The van der Waals surface area contributed by atoms with Crippen LogP contribution in [0, 0.1) is 0 Å². The molecular weight excluding hydrogens is 402 g/mol. The molecule has 1 fully saturated rings. The van der Waals surface area contributed by atoms with Crippen LogP contribution in [0.15, 0.2) is 18.2 Å². The van der Waals surface area contributed by atoms with Gasteiger partial charge in [-0.1, -0.05) is 0 Å². The lowest BCUT2D eigenvalue weighted by Gasteiger charge is -2.39. The molecular formula is C22H29N3O6. The third-order valence-electron chi connectivity index (χ3n) is 5.23. The summed E-state index contributed by atoms with van der Waals surface area (Å²) in [6, 6.07) is 4.09. The van der Waals surface area contributed by atoms with Crippen LogP contribution in [0.25, 0.3) is 0 Å². The molecule has 2 aliphatic rings. The Morgan fingerprint density at radius 1 is 1.06 bits per heavy atom. The van der Waals surface area contributed by atoms with Crippen molar-refractivity contribution in [3.8, 4) is 5.75 Å². The van der Waals surface area contributed by atoms with E-state index in [0.29, 0.717) is 43.2 Å². The number of Topliss-reactive ketones (excluding diaryl/α,β-unsaturated/α-hetero) is 1. The lowest BCUT2D eigenvalue weighted by molar-refractivity contribution is -0.136. The predicted octanol–water partition coefficient (Wildman–Crippen LogP) is 2.08. The van der Waals surface area contributed by atoms with Crippen LogP contribution < -0.4 is 9.64 Å². The smallest absolute Gasteiger partial charge is 0.410 e. The largest absolute Gasteiger partial charge is 0.482 e. The fraction of sp³-hybridized carbons (Fsp3) is 0.545. The van der Waals surface area contributed by atoms with E-state index >= 15 is 0 Å². The molecule has 3 rings (SSSR count). The van der Waals surface area contributed by atoms with E-state index in [1.807, 2.05) is 0 Å². The average Bonchev–Trinajstić information content (AvgIpc) is 2.71. The maximum Gasteiger partial charge on any atom is 0.410 e. The molecule has 2 heterocycles. The van der Waals surface area contributed by atoms with Crippen molar-refractivity contribution in [1.29, 1.82) is 0 Å². The van der Waals surface area contributed by atoms with Crippen molar-refractivity contribution in [2.45, 2.75) is 46.3 Å². The highest BCUT2D eigenvalue weighted by molar-refractivity contribution is 6.05. The first-order valence-corrected chi connectivity index (χ1v) is 10.3. The minimum Gasteiger partial charge on any atom is -0.482 e. The minimum atomic E-state index is -0.773. The first-order valence-electron chi connectivity index (χ1n) is 10.3. The number of ketones is 1. The van der Waals surface area contributed by atoms with Crippen LogP contribution in [0.1, 0.15) is 45.0 Å². The summed E-state index contributed by atoms with van der Waals surface area (Å²) >= 11 is 0. The summed E-state index contributed by atoms with van der Waals surface area (Å²) in [5, 5.41) is 0. The van der Waals surface area contributed by atoms with Gasteiger partial charge in [0.15, 0.2) is 12.4 Å². The number of hydrogen-bond acceptors (Lipinski definition) is 6. The van der Waals surface area contributed by atoms with Gasteiger partial charge >= 0.3 is 6.09 Å². The Balaban J connectivity index is 1.71. The molecule has 3 amide bonds. The second-order valence-corrected chi connectivity index (χ2v) is 8.76. The molecule has 9 heteroatoms. The Morgan fingerprint density at radius 3 is 2.26 bits per heavy atom. The predicted molar refractivity (Wildman–Crippen MR) is 113 cm³/mol. The minimum absolute atomic E-state index is 0.141. The van der Waals surface area contributed by atoms with Crippen molar-refractivity contribution in [1.82, 2.24) is 9.80 Å². The van der Waals surface area contributed by atoms with Gasteiger partial charge in [0.25, 0.3) is 5.91 Å². The van der Waals surface area contributed by atoms with Crippen LogP contribution >= 0.6 is 0 Å². The molecule has 9 nitrogen and oxygen atoms in total. The van der Waals surface area contributed by atoms with Crippen molar-refractivity contribution in [3.05, 3.63) is 23.8 Å². The molecule has 1 atom stereocenters. The van der Waals surface area contributed by atoms with Crippen molar-refractivity contribution in [2.24, 2.45) is 0 Å². The van der Waals surface area contributed by atoms with Crippen molar-refractivity contribution < 1.29 is 28.7 Å². The molecule has 31 heavy (non-hydrogen) atoms. The molecule has 0 aliphatic carbocycles. The number of anilines is 1. The highest BCUT2D eigenvalue weighted by Gasteiger charge is 2.37. The quantitative estimate of drug-likeness (QED) is 0.680. The topological polar surface area (TPSA) is 96.5 Å². The van der Waals surface area contributed by atoms with E-state index in [9.17, 15) is 19.2 Å². The van der Waals surface area contributed by atoms with Gasteiger partial charge in [0.2, 0.25) is 5.91 Å². The fourth-order valence-corrected chi connectivity index (χ4v) is 3.63. The lowest BCUT2D eigenvalue weighted by atomic mass is 10.1. The Bertz CT molecular complexity index is 899. The lowest BCUT2D eigenvalue weighted by Crippen LogP contribution is -2.57.